The number of nitrogens with zero attached hydrogens (tertiary/aromatic N) is 1. The molecule has 0 radical (unpaired) electrons. The second-order valence-electron chi connectivity index (χ2n) is 8.89. The van der Waals surface area contributed by atoms with Crippen molar-refractivity contribution in [3.63, 3.8) is 0 Å². The smallest absolute Gasteiger partial charge is 0.319 e. The fourth-order valence-electron chi connectivity index (χ4n) is 4.34. The molecule has 7 heteroatoms. The van der Waals surface area contributed by atoms with Gasteiger partial charge in [0.05, 0.1) is 12.1 Å². The lowest BCUT2D eigenvalue weighted by Gasteiger charge is -2.35. The maximum Gasteiger partial charge on any atom is 0.319 e. The summed E-state index contributed by atoms with van der Waals surface area (Å²) >= 11 is 0. The maximum absolute atomic E-state index is 13.1. The summed E-state index contributed by atoms with van der Waals surface area (Å²) in [4.78, 5) is 26.2. The van der Waals surface area contributed by atoms with Gasteiger partial charge in [0.15, 0.2) is 5.78 Å². The number of amides is 2. The second-order valence-corrected chi connectivity index (χ2v) is 8.89. The number of hydrogen-bond acceptors (Lipinski definition) is 4. The van der Waals surface area contributed by atoms with Crippen molar-refractivity contribution in [2.24, 2.45) is 5.92 Å². The van der Waals surface area contributed by atoms with Crippen molar-refractivity contribution in [1.29, 1.82) is 0 Å². The lowest BCUT2D eigenvalue weighted by Crippen LogP contribution is -2.50. The minimum absolute atomic E-state index is 0.0673. The van der Waals surface area contributed by atoms with Gasteiger partial charge in [-0.1, -0.05) is 31.2 Å². The first kappa shape index (κ1) is 24.9. The van der Waals surface area contributed by atoms with Crippen molar-refractivity contribution in [3.05, 3.63) is 65.5 Å². The molecule has 0 saturated carbocycles. The van der Waals surface area contributed by atoms with Gasteiger partial charge in [0.2, 0.25) is 0 Å². The number of aliphatic hydroxyl groups is 1. The van der Waals surface area contributed by atoms with E-state index in [9.17, 15) is 19.1 Å². The van der Waals surface area contributed by atoms with Crippen molar-refractivity contribution < 1.29 is 19.1 Å². The number of rotatable bonds is 9. The molecule has 0 bridgehead atoms. The molecule has 0 aromatic heterocycles. The third kappa shape index (κ3) is 7.65. The molecule has 0 unspecified atom stereocenters. The summed E-state index contributed by atoms with van der Waals surface area (Å²) in [6, 6.07) is 12.7. The van der Waals surface area contributed by atoms with Crippen molar-refractivity contribution in [1.82, 2.24) is 10.2 Å². The zero-order valence-electron chi connectivity index (χ0n) is 19.4. The number of likely N-dealkylation sites (tertiary alicyclic amines) is 1. The molecule has 0 aliphatic carbocycles. The average Bonchev–Trinajstić information content (AvgIpc) is 2.80. The first-order valence-electron chi connectivity index (χ1n) is 11.7. The zero-order valence-corrected chi connectivity index (χ0v) is 19.4. The normalized spacial score (nSPS) is 16.7. The summed E-state index contributed by atoms with van der Waals surface area (Å²) in [6.07, 6.45) is 2.92. The van der Waals surface area contributed by atoms with Crippen LogP contribution in [-0.2, 0) is 6.42 Å². The van der Waals surface area contributed by atoms with Crippen LogP contribution in [-0.4, -0.2) is 53.6 Å². The molecule has 1 fully saturated rings. The highest BCUT2D eigenvalue weighted by Crippen LogP contribution is 2.22. The topological polar surface area (TPSA) is 81.7 Å². The van der Waals surface area contributed by atoms with Gasteiger partial charge in [-0.15, -0.1) is 0 Å². The predicted molar refractivity (Wildman–Crippen MR) is 128 cm³/mol. The number of piperidine rings is 1. The van der Waals surface area contributed by atoms with Gasteiger partial charge in [-0.25, -0.2) is 9.18 Å². The Labute approximate surface area is 195 Å². The fourth-order valence-corrected chi connectivity index (χ4v) is 4.34. The Morgan fingerprint density at radius 3 is 2.48 bits per heavy atom. The number of nitrogens with one attached hydrogen (secondary N) is 2. The Hall–Kier alpha value is -2.77. The number of carbonyl (C=O) groups is 2. The Bertz CT molecular complexity index is 927. The van der Waals surface area contributed by atoms with Crippen LogP contribution in [0.5, 0.6) is 0 Å². The molecule has 1 aliphatic heterocycles. The molecule has 2 amide bonds. The van der Waals surface area contributed by atoms with E-state index in [0.717, 1.165) is 37.9 Å². The molecule has 3 N–H and O–H groups in total. The number of anilines is 1. The van der Waals surface area contributed by atoms with Crippen LogP contribution in [0, 0.1) is 11.7 Å². The summed E-state index contributed by atoms with van der Waals surface area (Å²) in [7, 11) is 0. The van der Waals surface area contributed by atoms with Gasteiger partial charge in [-0.3, -0.25) is 4.79 Å². The molecule has 178 valence electrons. The van der Waals surface area contributed by atoms with Gasteiger partial charge in [0.1, 0.15) is 5.82 Å². The minimum Gasteiger partial charge on any atom is -0.390 e. The van der Waals surface area contributed by atoms with E-state index < -0.39 is 12.1 Å². The number of β-amino-alcohol motifs (C(OH)–C–C–N with tert-alkyl or cyclic N) is 1. The number of aliphatic hydroxyl groups excluding tert-OH is 1. The van der Waals surface area contributed by atoms with Gasteiger partial charge in [0.25, 0.3) is 0 Å². The summed E-state index contributed by atoms with van der Waals surface area (Å²) in [5, 5.41) is 16.4. The van der Waals surface area contributed by atoms with Crippen molar-refractivity contribution in [3.8, 4) is 0 Å². The molecule has 1 saturated heterocycles. The molecule has 6 nitrogen and oxygen atoms in total. The zero-order chi connectivity index (χ0) is 23.8. The van der Waals surface area contributed by atoms with Crippen LogP contribution in [0.3, 0.4) is 0 Å². The Kier molecular flexibility index (Phi) is 8.97. The van der Waals surface area contributed by atoms with Crippen LogP contribution < -0.4 is 10.6 Å². The molecule has 3 rings (SSSR count). The highest BCUT2D eigenvalue weighted by atomic mass is 19.1. The average molecular weight is 456 g/mol. The van der Waals surface area contributed by atoms with Gasteiger partial charge in [0, 0.05) is 17.8 Å². The van der Waals surface area contributed by atoms with Gasteiger partial charge >= 0.3 is 6.03 Å². The number of hydrogen-bond donors (Lipinski definition) is 3. The van der Waals surface area contributed by atoms with E-state index in [1.165, 1.54) is 19.1 Å². The Morgan fingerprint density at radius 2 is 1.85 bits per heavy atom. The third-order valence-corrected chi connectivity index (χ3v) is 6.34. The number of halogens is 1. The number of Topliss-reactive ketones (excluding diaryl/α,β-unsaturated/α-hetero) is 1. The van der Waals surface area contributed by atoms with Crippen molar-refractivity contribution >= 4 is 17.5 Å². The van der Waals surface area contributed by atoms with E-state index in [4.69, 9.17) is 0 Å². The molecular formula is C26H34FN3O3. The first-order valence-corrected chi connectivity index (χ1v) is 11.7. The number of carbonyl (C=O) groups excluding carboxylic acids is 2. The lowest BCUT2D eigenvalue weighted by molar-refractivity contribution is 0.0649. The van der Waals surface area contributed by atoms with E-state index in [1.807, 2.05) is 19.1 Å². The molecule has 33 heavy (non-hydrogen) atoms. The van der Waals surface area contributed by atoms with Crippen LogP contribution in [0.1, 0.15) is 49.0 Å². The molecule has 2 atom stereocenters. The van der Waals surface area contributed by atoms with Crippen LogP contribution in [0.4, 0.5) is 14.9 Å². The first-order chi connectivity index (χ1) is 15.8. The number of urea groups is 1. The predicted octanol–water partition coefficient (Wildman–Crippen LogP) is 4.24. The summed E-state index contributed by atoms with van der Waals surface area (Å²) in [5.74, 6) is 0.280. The Morgan fingerprint density at radius 1 is 1.15 bits per heavy atom. The van der Waals surface area contributed by atoms with E-state index >= 15 is 0 Å². The van der Waals surface area contributed by atoms with Crippen molar-refractivity contribution in [2.75, 3.05) is 25.0 Å². The van der Waals surface area contributed by atoms with E-state index in [-0.39, 0.29) is 17.6 Å². The standard InChI is InChI=1S/C26H34FN3O3/c1-3-24(29-26(33)28-23-6-4-5-21(16-23)18(2)31)25(32)17-30-13-11-20(12-14-30)15-19-7-9-22(27)10-8-19/h4-10,16,20,24-25,32H,3,11-15,17H2,1-2H3,(H2,28,29,33)/t24-,25-/m1/s1. The summed E-state index contributed by atoms with van der Waals surface area (Å²) in [6.45, 7) is 5.70. The van der Waals surface area contributed by atoms with E-state index in [0.29, 0.717) is 30.1 Å². The van der Waals surface area contributed by atoms with Gasteiger partial charge < -0.3 is 20.6 Å². The maximum atomic E-state index is 13.1. The van der Waals surface area contributed by atoms with Gasteiger partial charge in [-0.2, -0.15) is 0 Å². The highest BCUT2D eigenvalue weighted by molar-refractivity contribution is 5.96. The monoisotopic (exact) mass is 455 g/mol. The molecule has 0 spiro atoms. The molecule has 1 heterocycles. The van der Waals surface area contributed by atoms with Gasteiger partial charge in [-0.05, 0) is 81.4 Å². The largest absolute Gasteiger partial charge is 0.390 e. The van der Waals surface area contributed by atoms with Crippen molar-refractivity contribution in [2.45, 2.75) is 51.7 Å². The summed E-state index contributed by atoms with van der Waals surface area (Å²) in [5.41, 5.74) is 2.22. The third-order valence-electron chi connectivity index (χ3n) is 6.34. The van der Waals surface area contributed by atoms with E-state index in [2.05, 4.69) is 15.5 Å². The number of benzene rings is 2. The molecular weight excluding hydrogens is 421 g/mol. The van der Waals surface area contributed by atoms with Crippen LogP contribution in [0.25, 0.3) is 0 Å². The van der Waals surface area contributed by atoms with E-state index in [1.54, 1.807) is 24.3 Å². The lowest BCUT2D eigenvalue weighted by atomic mass is 9.90. The van der Waals surface area contributed by atoms with Crippen LogP contribution in [0.15, 0.2) is 48.5 Å². The van der Waals surface area contributed by atoms with Crippen LogP contribution in [0.2, 0.25) is 0 Å². The minimum atomic E-state index is -0.682. The second kappa shape index (κ2) is 11.9. The number of ketones is 1. The quantitative estimate of drug-likeness (QED) is 0.494. The SMILES string of the molecule is CC[C@@H](NC(=O)Nc1cccc(C(C)=O)c1)[C@H](O)CN1CCC(Cc2ccc(F)cc2)CC1. The molecule has 2 aromatic rings. The molecule has 1 aliphatic rings. The van der Waals surface area contributed by atoms with Crippen LogP contribution >= 0.6 is 0 Å². The highest BCUT2D eigenvalue weighted by Gasteiger charge is 2.25. The molecule has 2 aromatic carbocycles. The fraction of sp³-hybridized carbons (Fsp3) is 0.462. The Balaban J connectivity index is 1.44. The summed E-state index contributed by atoms with van der Waals surface area (Å²) < 4.78 is 13.1.